The fourth-order valence-corrected chi connectivity index (χ4v) is 7.90. The lowest BCUT2D eigenvalue weighted by molar-refractivity contribution is -0.201. The molecule has 0 aromatic heterocycles. The molecule has 3 saturated carbocycles. The Bertz CT molecular complexity index is 818. The molecule has 160 valence electrons. The number of esters is 1. The van der Waals surface area contributed by atoms with Gasteiger partial charge in [0.2, 0.25) is 0 Å². The van der Waals surface area contributed by atoms with E-state index >= 15 is 4.39 Å². The first-order valence-corrected chi connectivity index (χ1v) is 11.1. The standard InChI is InChI=1S/C24H33FO4/c1-14-12-20-18-7-9-24(15(2)26,29-16(3)27)22(18,5)10-11-23(20,25)21(4)8-6-17(28)13-19(14)21/h13-14,18,20H,6-12H2,1-5H3/t14-,18-,20-,21-,22-,23?,24-/m0/s1. The van der Waals surface area contributed by atoms with Crippen LogP contribution >= 0.6 is 0 Å². The van der Waals surface area contributed by atoms with Gasteiger partial charge in [-0.2, -0.15) is 0 Å². The van der Waals surface area contributed by atoms with Gasteiger partial charge in [-0.05, 0) is 69.3 Å². The largest absolute Gasteiger partial charge is 0.451 e. The third-order valence-corrected chi connectivity index (χ3v) is 9.40. The monoisotopic (exact) mass is 404 g/mol. The van der Waals surface area contributed by atoms with Crippen LogP contribution in [0, 0.1) is 28.6 Å². The van der Waals surface area contributed by atoms with Gasteiger partial charge in [0.1, 0.15) is 5.67 Å². The van der Waals surface area contributed by atoms with Gasteiger partial charge in [-0.1, -0.05) is 26.3 Å². The summed E-state index contributed by atoms with van der Waals surface area (Å²) in [6.45, 7) is 9.01. The molecule has 1 unspecified atom stereocenters. The first kappa shape index (κ1) is 20.7. The van der Waals surface area contributed by atoms with E-state index in [1.807, 2.05) is 13.8 Å². The highest BCUT2D eigenvalue weighted by atomic mass is 19.1. The molecule has 3 fully saturated rings. The second-order valence-corrected chi connectivity index (χ2v) is 10.5. The highest BCUT2D eigenvalue weighted by Gasteiger charge is 2.73. The van der Waals surface area contributed by atoms with E-state index in [1.54, 1.807) is 6.08 Å². The van der Waals surface area contributed by atoms with Crippen molar-refractivity contribution in [3.63, 3.8) is 0 Å². The molecule has 5 heteroatoms. The number of alkyl halides is 1. The molecule has 7 atom stereocenters. The second kappa shape index (κ2) is 6.24. The molecule has 0 heterocycles. The fourth-order valence-electron chi connectivity index (χ4n) is 7.90. The van der Waals surface area contributed by atoms with Crippen molar-refractivity contribution in [3.05, 3.63) is 11.6 Å². The molecule has 0 N–H and O–H groups in total. The summed E-state index contributed by atoms with van der Waals surface area (Å²) >= 11 is 0. The molecule has 4 rings (SSSR count). The Hall–Kier alpha value is -1.52. The maximum atomic E-state index is 17.0. The van der Waals surface area contributed by atoms with Crippen molar-refractivity contribution in [2.75, 3.05) is 0 Å². The van der Waals surface area contributed by atoms with Gasteiger partial charge in [0.05, 0.1) is 0 Å². The number of hydrogen-bond donors (Lipinski definition) is 0. The minimum atomic E-state index is -1.39. The summed E-state index contributed by atoms with van der Waals surface area (Å²) in [4.78, 5) is 36.8. The van der Waals surface area contributed by atoms with Gasteiger partial charge in [-0.15, -0.1) is 0 Å². The average molecular weight is 405 g/mol. The number of allylic oxidation sites excluding steroid dienone is 1. The van der Waals surface area contributed by atoms with Crippen LogP contribution in [0.4, 0.5) is 4.39 Å². The molecule has 0 aromatic carbocycles. The number of halogens is 1. The Balaban J connectivity index is 1.79. The smallest absolute Gasteiger partial charge is 0.303 e. The van der Waals surface area contributed by atoms with E-state index in [2.05, 4.69) is 6.92 Å². The maximum Gasteiger partial charge on any atom is 0.303 e. The molecule has 0 aliphatic heterocycles. The number of fused-ring (bicyclic) bond motifs is 5. The summed E-state index contributed by atoms with van der Waals surface area (Å²) in [5.41, 5.74) is -2.74. The number of ether oxygens (including phenoxy) is 1. The molecule has 0 aromatic rings. The number of carbonyl (C=O) groups is 3. The van der Waals surface area contributed by atoms with Crippen molar-refractivity contribution < 1.29 is 23.5 Å². The third-order valence-electron chi connectivity index (χ3n) is 9.40. The molecular formula is C24H33FO4. The number of carbonyl (C=O) groups excluding carboxylic acids is 3. The summed E-state index contributed by atoms with van der Waals surface area (Å²) in [5.74, 6) is -0.520. The Morgan fingerprint density at radius 1 is 1.10 bits per heavy atom. The van der Waals surface area contributed by atoms with Crippen LogP contribution in [0.3, 0.4) is 0 Å². The predicted octanol–water partition coefficient (Wildman–Crippen LogP) is 4.75. The van der Waals surface area contributed by atoms with Crippen molar-refractivity contribution in [2.24, 2.45) is 28.6 Å². The predicted molar refractivity (Wildman–Crippen MR) is 107 cm³/mol. The first-order valence-electron chi connectivity index (χ1n) is 11.1. The highest BCUT2D eigenvalue weighted by molar-refractivity contribution is 5.92. The average Bonchev–Trinajstić information content (AvgIpc) is 2.92. The van der Waals surface area contributed by atoms with Crippen LogP contribution in [-0.4, -0.2) is 28.8 Å². The van der Waals surface area contributed by atoms with Crippen molar-refractivity contribution >= 4 is 17.5 Å². The van der Waals surface area contributed by atoms with E-state index in [0.29, 0.717) is 44.9 Å². The first-order chi connectivity index (χ1) is 13.4. The van der Waals surface area contributed by atoms with Gasteiger partial charge < -0.3 is 4.74 Å². The van der Waals surface area contributed by atoms with Crippen LogP contribution < -0.4 is 0 Å². The van der Waals surface area contributed by atoms with Gasteiger partial charge in [-0.3, -0.25) is 14.4 Å². The molecule has 4 nitrogen and oxygen atoms in total. The van der Waals surface area contributed by atoms with Crippen LogP contribution in [0.2, 0.25) is 0 Å². The summed E-state index contributed by atoms with van der Waals surface area (Å²) < 4.78 is 22.8. The molecule has 0 radical (unpaired) electrons. The van der Waals surface area contributed by atoms with Crippen molar-refractivity contribution in [1.29, 1.82) is 0 Å². The SMILES string of the molecule is CC(=O)O[C@]1(C(C)=O)CC[C@H]2[C@@H]3C[C@H](C)C4=CC(=O)CC[C@]4(C)C3(F)CC[C@@]21C. The lowest BCUT2D eigenvalue weighted by atomic mass is 9.43. The minimum Gasteiger partial charge on any atom is -0.451 e. The molecule has 29 heavy (non-hydrogen) atoms. The fraction of sp³-hybridized carbons (Fsp3) is 0.792. The number of hydrogen-bond acceptors (Lipinski definition) is 4. The van der Waals surface area contributed by atoms with Crippen LogP contribution in [0.25, 0.3) is 0 Å². The van der Waals surface area contributed by atoms with E-state index in [4.69, 9.17) is 4.74 Å². The highest BCUT2D eigenvalue weighted by Crippen LogP contribution is 2.71. The van der Waals surface area contributed by atoms with Gasteiger partial charge in [0.25, 0.3) is 0 Å². The number of Topliss-reactive ketones (excluding diaryl/α,β-unsaturated/α-hetero) is 1. The van der Waals surface area contributed by atoms with Crippen molar-refractivity contribution in [3.8, 4) is 0 Å². The molecule has 4 aliphatic rings. The van der Waals surface area contributed by atoms with Crippen LogP contribution in [-0.2, 0) is 19.1 Å². The quantitative estimate of drug-likeness (QED) is 0.623. The zero-order valence-electron chi connectivity index (χ0n) is 18.3. The van der Waals surface area contributed by atoms with E-state index in [1.165, 1.54) is 13.8 Å². The van der Waals surface area contributed by atoms with Crippen molar-refractivity contribution in [1.82, 2.24) is 0 Å². The van der Waals surface area contributed by atoms with Gasteiger partial charge in [-0.25, -0.2) is 4.39 Å². The Kier molecular flexibility index (Phi) is 4.46. The maximum absolute atomic E-state index is 17.0. The Morgan fingerprint density at radius 2 is 1.79 bits per heavy atom. The second-order valence-electron chi connectivity index (χ2n) is 10.5. The van der Waals surface area contributed by atoms with E-state index < -0.39 is 28.1 Å². The van der Waals surface area contributed by atoms with Crippen LogP contribution in [0.5, 0.6) is 0 Å². The number of rotatable bonds is 2. The van der Waals surface area contributed by atoms with E-state index in [9.17, 15) is 14.4 Å². The van der Waals surface area contributed by atoms with Gasteiger partial charge >= 0.3 is 5.97 Å². The summed E-state index contributed by atoms with van der Waals surface area (Å²) in [7, 11) is 0. The molecule has 0 saturated heterocycles. The molecule has 0 bridgehead atoms. The normalized spacial score (nSPS) is 48.8. The van der Waals surface area contributed by atoms with Crippen molar-refractivity contribution in [2.45, 2.75) is 90.8 Å². The lowest BCUT2D eigenvalue weighted by Crippen LogP contribution is -2.65. The Labute approximate surface area is 172 Å². The summed E-state index contributed by atoms with van der Waals surface area (Å²) in [6.07, 6.45) is 5.38. The number of ketones is 2. The summed E-state index contributed by atoms with van der Waals surface area (Å²) in [6, 6.07) is 0. The molecular weight excluding hydrogens is 371 g/mol. The van der Waals surface area contributed by atoms with Crippen LogP contribution in [0.1, 0.15) is 79.6 Å². The topological polar surface area (TPSA) is 60.4 Å². The van der Waals surface area contributed by atoms with Crippen LogP contribution in [0.15, 0.2) is 11.6 Å². The minimum absolute atomic E-state index is 0.0112. The zero-order chi connectivity index (χ0) is 21.4. The molecule has 4 aliphatic carbocycles. The zero-order valence-corrected chi connectivity index (χ0v) is 18.3. The van der Waals surface area contributed by atoms with Gasteiger partial charge in [0.15, 0.2) is 17.2 Å². The molecule has 0 spiro atoms. The molecule has 0 amide bonds. The van der Waals surface area contributed by atoms with Gasteiger partial charge in [0, 0.05) is 24.2 Å². The van der Waals surface area contributed by atoms with E-state index in [-0.39, 0.29) is 29.3 Å². The lowest BCUT2D eigenvalue weighted by Gasteiger charge is -2.63. The summed E-state index contributed by atoms with van der Waals surface area (Å²) in [5, 5.41) is 0. The Morgan fingerprint density at radius 3 is 2.41 bits per heavy atom. The third kappa shape index (κ3) is 2.45. The van der Waals surface area contributed by atoms with E-state index in [0.717, 1.165) is 5.57 Å².